The Balaban J connectivity index is 1.45. The Morgan fingerprint density at radius 1 is 1.16 bits per heavy atom. The number of ether oxygens (including phenoxy) is 1. The van der Waals surface area contributed by atoms with E-state index in [1.807, 2.05) is 42.5 Å². The Bertz CT molecular complexity index is 1180. The molecule has 0 saturated carbocycles. The lowest BCUT2D eigenvalue weighted by molar-refractivity contribution is -0.129. The van der Waals surface area contributed by atoms with E-state index in [-0.39, 0.29) is 18.4 Å². The van der Waals surface area contributed by atoms with Gasteiger partial charge in [-0.15, -0.1) is 11.3 Å². The predicted octanol–water partition coefficient (Wildman–Crippen LogP) is 3.89. The number of benzene rings is 2. The molecule has 166 valence electrons. The first-order valence-corrected chi connectivity index (χ1v) is 11.9. The Morgan fingerprint density at radius 2 is 1.97 bits per heavy atom. The molecule has 2 N–H and O–H groups in total. The monoisotopic (exact) mass is 469 g/mol. The molecule has 0 radical (unpaired) electrons. The van der Waals surface area contributed by atoms with E-state index in [4.69, 9.17) is 22.1 Å². The standard InChI is InChI=1S/C24H24ClN3O3S/c25-18-5-2-16-12-20(32-21(16)13-18)14-27-9-1-8-24(27,23(26)30)17-3-6-19(7-4-17)28-10-11-31-15-22(28)29/h2-7,12-13H,1,8-11,14-15H2,(H2,26,30). The van der Waals surface area contributed by atoms with Crippen molar-refractivity contribution in [3.8, 4) is 0 Å². The lowest BCUT2D eigenvalue weighted by Gasteiger charge is -2.36. The maximum absolute atomic E-state index is 12.9. The summed E-state index contributed by atoms with van der Waals surface area (Å²) < 4.78 is 6.35. The molecule has 0 bridgehead atoms. The molecule has 1 atom stereocenters. The third kappa shape index (κ3) is 3.69. The quantitative estimate of drug-likeness (QED) is 0.615. The van der Waals surface area contributed by atoms with Crippen LogP contribution in [0.2, 0.25) is 5.02 Å². The van der Waals surface area contributed by atoms with Gasteiger partial charge in [-0.1, -0.05) is 29.8 Å². The van der Waals surface area contributed by atoms with Crippen LogP contribution in [0.3, 0.4) is 0 Å². The smallest absolute Gasteiger partial charge is 0.253 e. The molecule has 2 fully saturated rings. The number of nitrogens with two attached hydrogens (primary N) is 1. The first-order chi connectivity index (χ1) is 15.5. The van der Waals surface area contributed by atoms with Gasteiger partial charge in [0.25, 0.3) is 5.91 Å². The van der Waals surface area contributed by atoms with E-state index in [2.05, 4.69) is 11.0 Å². The Labute approximate surface area is 195 Å². The topological polar surface area (TPSA) is 75.9 Å². The molecule has 1 unspecified atom stereocenters. The Kier molecular flexibility index (Phi) is 5.67. The van der Waals surface area contributed by atoms with Crippen LogP contribution in [0.15, 0.2) is 48.5 Å². The zero-order valence-electron chi connectivity index (χ0n) is 17.6. The van der Waals surface area contributed by atoms with Crippen LogP contribution >= 0.6 is 22.9 Å². The number of hydrogen-bond donors (Lipinski definition) is 1. The number of thiophene rings is 1. The number of halogens is 1. The SMILES string of the molecule is NC(=O)C1(c2ccc(N3CCOCC3=O)cc2)CCCN1Cc1cc2ccc(Cl)cc2s1. The molecule has 8 heteroatoms. The van der Waals surface area contributed by atoms with E-state index in [9.17, 15) is 9.59 Å². The van der Waals surface area contributed by atoms with Crippen molar-refractivity contribution in [2.24, 2.45) is 5.73 Å². The summed E-state index contributed by atoms with van der Waals surface area (Å²) in [5.74, 6) is -0.393. The van der Waals surface area contributed by atoms with Crippen molar-refractivity contribution >= 4 is 50.5 Å². The number of primary amides is 1. The minimum Gasteiger partial charge on any atom is -0.370 e. The number of nitrogens with zero attached hydrogens (tertiary/aromatic N) is 2. The Hall–Kier alpha value is -2.45. The van der Waals surface area contributed by atoms with Crippen LogP contribution in [0.1, 0.15) is 23.3 Å². The van der Waals surface area contributed by atoms with Crippen molar-refractivity contribution in [2.45, 2.75) is 24.9 Å². The number of fused-ring (bicyclic) bond motifs is 1. The first kappa shape index (κ1) is 21.4. The van der Waals surface area contributed by atoms with Crippen LogP contribution in [0, 0.1) is 0 Å². The molecule has 3 aromatic rings. The fourth-order valence-corrected chi connectivity index (χ4v) is 6.23. The zero-order valence-corrected chi connectivity index (χ0v) is 19.1. The van der Waals surface area contributed by atoms with Gasteiger partial charge in [0.15, 0.2) is 0 Å². The van der Waals surface area contributed by atoms with E-state index in [0.29, 0.717) is 26.1 Å². The lowest BCUT2D eigenvalue weighted by atomic mass is 9.86. The van der Waals surface area contributed by atoms with Crippen LogP contribution in [-0.2, 0) is 26.4 Å². The van der Waals surface area contributed by atoms with E-state index >= 15 is 0 Å². The third-order valence-electron chi connectivity index (χ3n) is 6.44. The van der Waals surface area contributed by atoms with Gasteiger partial charge in [-0.25, -0.2) is 0 Å². The zero-order chi connectivity index (χ0) is 22.3. The number of amides is 2. The van der Waals surface area contributed by atoms with E-state index in [1.54, 1.807) is 16.2 Å². The summed E-state index contributed by atoms with van der Waals surface area (Å²) in [6.45, 7) is 2.58. The highest BCUT2D eigenvalue weighted by Gasteiger charge is 2.47. The van der Waals surface area contributed by atoms with E-state index in [1.165, 1.54) is 4.88 Å². The summed E-state index contributed by atoms with van der Waals surface area (Å²) >= 11 is 7.84. The molecule has 2 aliphatic heterocycles. The van der Waals surface area contributed by atoms with Gasteiger partial charge in [-0.3, -0.25) is 14.5 Å². The van der Waals surface area contributed by atoms with Crippen molar-refractivity contribution < 1.29 is 14.3 Å². The van der Waals surface area contributed by atoms with Gasteiger partial charge in [-0.2, -0.15) is 0 Å². The van der Waals surface area contributed by atoms with Gasteiger partial charge in [0, 0.05) is 33.4 Å². The van der Waals surface area contributed by atoms with Crippen LogP contribution in [0.4, 0.5) is 5.69 Å². The molecule has 2 amide bonds. The number of carbonyl (C=O) groups excluding carboxylic acids is 2. The van der Waals surface area contributed by atoms with Gasteiger partial charge < -0.3 is 15.4 Å². The highest BCUT2D eigenvalue weighted by Crippen LogP contribution is 2.41. The minimum absolute atomic E-state index is 0.0547. The summed E-state index contributed by atoms with van der Waals surface area (Å²) in [6, 6.07) is 15.7. The average Bonchev–Trinajstić information content (AvgIpc) is 3.38. The van der Waals surface area contributed by atoms with Gasteiger partial charge >= 0.3 is 0 Å². The number of rotatable bonds is 5. The molecule has 2 aromatic carbocycles. The molecule has 2 saturated heterocycles. The molecular weight excluding hydrogens is 446 g/mol. The van der Waals surface area contributed by atoms with Crippen LogP contribution in [0.5, 0.6) is 0 Å². The highest BCUT2D eigenvalue weighted by atomic mass is 35.5. The van der Waals surface area contributed by atoms with E-state index in [0.717, 1.165) is 39.3 Å². The molecule has 0 spiro atoms. The highest BCUT2D eigenvalue weighted by molar-refractivity contribution is 7.19. The minimum atomic E-state index is -0.860. The molecular formula is C24H24ClN3O3S. The van der Waals surface area contributed by atoms with Crippen molar-refractivity contribution in [1.82, 2.24) is 4.90 Å². The van der Waals surface area contributed by atoms with Gasteiger partial charge in [0.05, 0.1) is 6.61 Å². The van der Waals surface area contributed by atoms with Crippen LogP contribution < -0.4 is 10.6 Å². The summed E-state index contributed by atoms with van der Waals surface area (Å²) in [6.07, 6.45) is 1.57. The van der Waals surface area contributed by atoms with Crippen molar-refractivity contribution in [2.75, 3.05) is 31.2 Å². The molecule has 0 aliphatic carbocycles. The normalized spacial score (nSPS) is 22.0. The largest absolute Gasteiger partial charge is 0.370 e. The fraction of sp³-hybridized carbons (Fsp3) is 0.333. The lowest BCUT2D eigenvalue weighted by Crippen LogP contribution is -2.50. The first-order valence-electron chi connectivity index (χ1n) is 10.7. The predicted molar refractivity (Wildman–Crippen MR) is 127 cm³/mol. The van der Waals surface area contributed by atoms with Crippen LogP contribution in [-0.4, -0.2) is 43.0 Å². The number of morpholine rings is 1. The van der Waals surface area contributed by atoms with Crippen molar-refractivity contribution in [1.29, 1.82) is 0 Å². The number of carbonyl (C=O) groups is 2. The molecule has 6 nitrogen and oxygen atoms in total. The summed E-state index contributed by atoms with van der Waals surface area (Å²) in [7, 11) is 0. The molecule has 2 aliphatic rings. The fourth-order valence-electron chi connectivity index (χ4n) is 4.87. The number of hydrogen-bond acceptors (Lipinski definition) is 5. The second-order valence-electron chi connectivity index (χ2n) is 8.29. The molecule has 5 rings (SSSR count). The molecule has 32 heavy (non-hydrogen) atoms. The van der Waals surface area contributed by atoms with Gasteiger partial charge in [0.2, 0.25) is 5.91 Å². The second kappa shape index (κ2) is 8.48. The third-order valence-corrected chi connectivity index (χ3v) is 7.75. The molecule has 3 heterocycles. The van der Waals surface area contributed by atoms with Crippen LogP contribution in [0.25, 0.3) is 10.1 Å². The maximum atomic E-state index is 12.9. The average molecular weight is 470 g/mol. The van der Waals surface area contributed by atoms with E-state index < -0.39 is 5.54 Å². The number of anilines is 1. The second-order valence-corrected chi connectivity index (χ2v) is 9.89. The number of likely N-dealkylation sites (tertiary alicyclic amines) is 1. The summed E-state index contributed by atoms with van der Waals surface area (Å²) in [5, 5.41) is 1.87. The maximum Gasteiger partial charge on any atom is 0.253 e. The molecule has 1 aromatic heterocycles. The summed E-state index contributed by atoms with van der Waals surface area (Å²) in [4.78, 5) is 30.1. The van der Waals surface area contributed by atoms with Gasteiger partial charge in [-0.05, 0) is 60.7 Å². The van der Waals surface area contributed by atoms with Crippen molar-refractivity contribution in [3.63, 3.8) is 0 Å². The van der Waals surface area contributed by atoms with Crippen molar-refractivity contribution in [3.05, 3.63) is 64.0 Å². The van der Waals surface area contributed by atoms with Gasteiger partial charge in [0.1, 0.15) is 12.1 Å². The summed E-state index contributed by atoms with van der Waals surface area (Å²) in [5.41, 5.74) is 6.86. The Morgan fingerprint density at radius 3 is 2.72 bits per heavy atom.